The minimum atomic E-state index is -4.47. The molecule has 0 fully saturated rings. The molecule has 1 N–H and O–H groups in total. The second kappa shape index (κ2) is 5.77. The van der Waals surface area contributed by atoms with Crippen LogP contribution in [-0.2, 0) is 12.7 Å². The number of aromatic nitrogens is 2. The van der Waals surface area contributed by atoms with Gasteiger partial charge in [0, 0.05) is 12.2 Å². The first-order chi connectivity index (χ1) is 9.82. The summed E-state index contributed by atoms with van der Waals surface area (Å²) in [4.78, 5) is 12.1. The van der Waals surface area contributed by atoms with Gasteiger partial charge in [0.25, 0.3) is 5.91 Å². The zero-order valence-corrected chi connectivity index (χ0v) is 11.7. The first kappa shape index (κ1) is 15.4. The predicted molar refractivity (Wildman–Crippen MR) is 72.3 cm³/mol. The Hall–Kier alpha value is -2.02. The molecular formula is C13H11ClF3N3O. The van der Waals surface area contributed by atoms with Gasteiger partial charge in [0.1, 0.15) is 5.69 Å². The van der Waals surface area contributed by atoms with Gasteiger partial charge in [-0.1, -0.05) is 17.7 Å². The number of anilines is 1. The summed E-state index contributed by atoms with van der Waals surface area (Å²) >= 11 is 5.86. The topological polar surface area (TPSA) is 46.9 Å². The van der Waals surface area contributed by atoms with E-state index in [-0.39, 0.29) is 16.4 Å². The number of hydrogen-bond donors (Lipinski definition) is 1. The maximum atomic E-state index is 12.6. The Labute approximate surface area is 123 Å². The van der Waals surface area contributed by atoms with Crippen molar-refractivity contribution in [2.45, 2.75) is 19.6 Å². The number of hydrogen-bond acceptors (Lipinski definition) is 2. The summed E-state index contributed by atoms with van der Waals surface area (Å²) in [6.45, 7) is 2.18. The van der Waals surface area contributed by atoms with Gasteiger partial charge in [0.05, 0.1) is 16.8 Å². The first-order valence-electron chi connectivity index (χ1n) is 6.03. The fraction of sp³-hybridized carbons (Fsp3) is 0.231. The summed E-state index contributed by atoms with van der Waals surface area (Å²) in [5.74, 6) is -0.612. The number of rotatable bonds is 3. The van der Waals surface area contributed by atoms with Gasteiger partial charge in [-0.15, -0.1) is 0 Å². The van der Waals surface area contributed by atoms with E-state index in [1.807, 2.05) is 0 Å². The molecule has 1 aromatic heterocycles. The molecule has 112 valence electrons. The van der Waals surface area contributed by atoms with Crippen LogP contribution in [0.25, 0.3) is 0 Å². The fourth-order valence-corrected chi connectivity index (χ4v) is 2.02. The number of halogens is 4. The van der Waals surface area contributed by atoms with Crippen LogP contribution in [0.4, 0.5) is 18.9 Å². The molecule has 0 atom stereocenters. The highest BCUT2D eigenvalue weighted by Gasteiger charge is 2.30. The number of carbonyl (C=O) groups excluding carboxylic acids is 1. The lowest BCUT2D eigenvalue weighted by atomic mass is 10.2. The Kier molecular flexibility index (Phi) is 4.22. The number of nitrogens with one attached hydrogen (secondary N) is 1. The molecule has 2 rings (SSSR count). The van der Waals surface area contributed by atoms with Crippen LogP contribution in [0.15, 0.2) is 30.5 Å². The van der Waals surface area contributed by atoms with E-state index in [4.69, 9.17) is 11.6 Å². The van der Waals surface area contributed by atoms with Gasteiger partial charge >= 0.3 is 6.18 Å². The lowest BCUT2D eigenvalue weighted by molar-refractivity contribution is -0.137. The van der Waals surface area contributed by atoms with Crippen molar-refractivity contribution in [3.8, 4) is 0 Å². The van der Waals surface area contributed by atoms with E-state index < -0.39 is 17.6 Å². The SMILES string of the molecule is CCn1ncc(Cl)c1C(=O)Nc1cccc(C(F)(F)F)c1. The van der Waals surface area contributed by atoms with E-state index in [1.54, 1.807) is 6.92 Å². The highest BCUT2D eigenvalue weighted by molar-refractivity contribution is 6.34. The van der Waals surface area contributed by atoms with Gasteiger partial charge < -0.3 is 5.32 Å². The summed E-state index contributed by atoms with van der Waals surface area (Å²) in [6.07, 6.45) is -3.16. The molecule has 0 radical (unpaired) electrons. The molecule has 2 aromatic rings. The molecule has 21 heavy (non-hydrogen) atoms. The van der Waals surface area contributed by atoms with Crippen LogP contribution < -0.4 is 5.32 Å². The Morgan fingerprint density at radius 3 is 2.76 bits per heavy atom. The Balaban J connectivity index is 2.26. The molecule has 1 amide bonds. The van der Waals surface area contributed by atoms with Crippen LogP contribution in [0.3, 0.4) is 0 Å². The zero-order chi connectivity index (χ0) is 15.6. The maximum absolute atomic E-state index is 12.6. The minimum Gasteiger partial charge on any atom is -0.321 e. The quantitative estimate of drug-likeness (QED) is 0.935. The smallest absolute Gasteiger partial charge is 0.321 e. The molecule has 0 saturated carbocycles. The van der Waals surface area contributed by atoms with Gasteiger partial charge in [-0.25, -0.2) is 0 Å². The van der Waals surface area contributed by atoms with Crippen molar-refractivity contribution in [2.75, 3.05) is 5.32 Å². The number of benzene rings is 1. The summed E-state index contributed by atoms with van der Waals surface area (Å²) in [5, 5.41) is 6.43. The van der Waals surface area contributed by atoms with Crippen molar-refractivity contribution in [2.24, 2.45) is 0 Å². The number of amides is 1. The van der Waals surface area contributed by atoms with Gasteiger partial charge in [-0.2, -0.15) is 18.3 Å². The molecule has 0 unspecified atom stereocenters. The molecular weight excluding hydrogens is 307 g/mol. The first-order valence-corrected chi connectivity index (χ1v) is 6.40. The number of alkyl halides is 3. The van der Waals surface area contributed by atoms with E-state index in [0.29, 0.717) is 6.54 Å². The number of nitrogens with zero attached hydrogens (tertiary/aromatic N) is 2. The van der Waals surface area contributed by atoms with Gasteiger partial charge in [-0.05, 0) is 25.1 Å². The Bertz CT molecular complexity index is 667. The number of carbonyl (C=O) groups is 1. The van der Waals surface area contributed by atoms with Crippen LogP contribution in [0.5, 0.6) is 0 Å². The third kappa shape index (κ3) is 3.36. The molecule has 4 nitrogen and oxygen atoms in total. The number of aryl methyl sites for hydroxylation is 1. The molecule has 0 spiro atoms. The molecule has 0 saturated heterocycles. The highest BCUT2D eigenvalue weighted by atomic mass is 35.5. The van der Waals surface area contributed by atoms with E-state index in [2.05, 4.69) is 10.4 Å². The van der Waals surface area contributed by atoms with Crippen LogP contribution in [0.1, 0.15) is 23.0 Å². The molecule has 1 aromatic carbocycles. The second-order valence-corrected chi connectivity index (χ2v) is 4.60. The van der Waals surface area contributed by atoms with E-state index >= 15 is 0 Å². The van der Waals surface area contributed by atoms with E-state index in [1.165, 1.54) is 23.0 Å². The fourth-order valence-electron chi connectivity index (χ4n) is 1.79. The highest BCUT2D eigenvalue weighted by Crippen LogP contribution is 2.30. The largest absolute Gasteiger partial charge is 0.416 e. The van der Waals surface area contributed by atoms with Crippen LogP contribution in [0, 0.1) is 0 Å². The lowest BCUT2D eigenvalue weighted by Crippen LogP contribution is -2.18. The summed E-state index contributed by atoms with van der Waals surface area (Å²) in [5.41, 5.74) is -0.693. The van der Waals surface area contributed by atoms with Crippen molar-refractivity contribution >= 4 is 23.2 Å². The average molecular weight is 318 g/mol. The van der Waals surface area contributed by atoms with Gasteiger partial charge in [-0.3, -0.25) is 9.48 Å². The Morgan fingerprint density at radius 2 is 2.14 bits per heavy atom. The van der Waals surface area contributed by atoms with Crippen LogP contribution >= 0.6 is 11.6 Å². The summed E-state index contributed by atoms with van der Waals surface area (Å²) in [7, 11) is 0. The average Bonchev–Trinajstić information content (AvgIpc) is 2.79. The van der Waals surface area contributed by atoms with Crippen molar-refractivity contribution < 1.29 is 18.0 Å². The standard InChI is InChI=1S/C13H11ClF3N3O/c1-2-20-11(10(14)7-18-20)12(21)19-9-5-3-4-8(6-9)13(15,16)17/h3-7H,2H2,1H3,(H,19,21). The molecule has 0 aliphatic rings. The third-order valence-electron chi connectivity index (χ3n) is 2.76. The van der Waals surface area contributed by atoms with Crippen LogP contribution in [-0.4, -0.2) is 15.7 Å². The lowest BCUT2D eigenvalue weighted by Gasteiger charge is -2.10. The molecule has 8 heteroatoms. The monoisotopic (exact) mass is 317 g/mol. The molecule has 0 bridgehead atoms. The van der Waals surface area contributed by atoms with Crippen molar-refractivity contribution in [1.29, 1.82) is 0 Å². The molecule has 1 heterocycles. The summed E-state index contributed by atoms with van der Waals surface area (Å²) < 4.78 is 39.2. The molecule has 0 aliphatic heterocycles. The van der Waals surface area contributed by atoms with Crippen molar-refractivity contribution in [1.82, 2.24) is 9.78 Å². The van der Waals surface area contributed by atoms with Gasteiger partial charge in [0.2, 0.25) is 0 Å². The van der Waals surface area contributed by atoms with Gasteiger partial charge in [0.15, 0.2) is 0 Å². The molecule has 0 aliphatic carbocycles. The van der Waals surface area contributed by atoms with Crippen molar-refractivity contribution in [3.63, 3.8) is 0 Å². The Morgan fingerprint density at radius 1 is 1.43 bits per heavy atom. The normalized spacial score (nSPS) is 11.5. The summed E-state index contributed by atoms with van der Waals surface area (Å²) in [6, 6.07) is 4.38. The van der Waals surface area contributed by atoms with E-state index in [9.17, 15) is 18.0 Å². The minimum absolute atomic E-state index is 0.0368. The van der Waals surface area contributed by atoms with Crippen molar-refractivity contribution in [3.05, 3.63) is 46.7 Å². The second-order valence-electron chi connectivity index (χ2n) is 4.19. The van der Waals surface area contributed by atoms with E-state index in [0.717, 1.165) is 12.1 Å². The predicted octanol–water partition coefficient (Wildman–Crippen LogP) is 3.83. The maximum Gasteiger partial charge on any atom is 0.416 e. The third-order valence-corrected chi connectivity index (χ3v) is 3.03. The van der Waals surface area contributed by atoms with Crippen LogP contribution in [0.2, 0.25) is 5.02 Å². The zero-order valence-electron chi connectivity index (χ0n) is 10.9.